The first kappa shape index (κ1) is 12.5. The molecule has 1 aromatic rings. The summed E-state index contributed by atoms with van der Waals surface area (Å²) in [4.78, 5) is 11.7. The molecule has 0 spiro atoms. The zero-order chi connectivity index (χ0) is 11.4. The lowest BCUT2D eigenvalue weighted by molar-refractivity contribution is 0.0729. The van der Waals surface area contributed by atoms with Crippen LogP contribution in [0.4, 0.5) is 0 Å². The summed E-state index contributed by atoms with van der Waals surface area (Å²) in [5.74, 6) is -0.371. The Balaban J connectivity index is 2.96. The van der Waals surface area contributed by atoms with Gasteiger partial charge in [0, 0.05) is 5.56 Å². The highest BCUT2D eigenvalue weighted by Crippen LogP contribution is 2.26. The summed E-state index contributed by atoms with van der Waals surface area (Å²) in [5.41, 5.74) is 0.283. The van der Waals surface area contributed by atoms with Crippen LogP contribution < -0.4 is 0 Å². The SMILES string of the molecule is CCCC(O)C(=O)c1cccc(Cl)c1Cl. The highest BCUT2D eigenvalue weighted by atomic mass is 35.5. The molecule has 0 aliphatic rings. The van der Waals surface area contributed by atoms with Gasteiger partial charge in [-0.3, -0.25) is 4.79 Å². The number of benzene rings is 1. The average molecular weight is 247 g/mol. The molecule has 0 fully saturated rings. The summed E-state index contributed by atoms with van der Waals surface area (Å²) in [6.45, 7) is 1.90. The van der Waals surface area contributed by atoms with Crippen molar-refractivity contribution < 1.29 is 9.90 Å². The molecule has 0 heterocycles. The number of carbonyl (C=O) groups excluding carboxylic acids is 1. The number of carbonyl (C=O) groups is 1. The largest absolute Gasteiger partial charge is 0.385 e. The van der Waals surface area contributed by atoms with Crippen LogP contribution in [0.2, 0.25) is 10.0 Å². The van der Waals surface area contributed by atoms with E-state index in [9.17, 15) is 9.90 Å². The quantitative estimate of drug-likeness (QED) is 0.828. The average Bonchev–Trinajstić information content (AvgIpc) is 2.21. The van der Waals surface area contributed by atoms with Crippen molar-refractivity contribution in [3.8, 4) is 0 Å². The molecule has 0 amide bonds. The van der Waals surface area contributed by atoms with Gasteiger partial charge in [0.2, 0.25) is 0 Å². The van der Waals surface area contributed by atoms with E-state index in [0.717, 1.165) is 6.42 Å². The highest BCUT2D eigenvalue weighted by molar-refractivity contribution is 6.44. The molecule has 15 heavy (non-hydrogen) atoms. The Hall–Kier alpha value is -0.570. The molecule has 0 aromatic heterocycles. The van der Waals surface area contributed by atoms with Crippen LogP contribution >= 0.6 is 23.2 Å². The highest BCUT2D eigenvalue weighted by Gasteiger charge is 2.19. The molecular formula is C11H12Cl2O2. The Morgan fingerprint density at radius 2 is 2.13 bits per heavy atom. The summed E-state index contributed by atoms with van der Waals surface area (Å²) in [5, 5.41) is 10.1. The van der Waals surface area contributed by atoms with Crippen molar-refractivity contribution >= 4 is 29.0 Å². The zero-order valence-corrected chi connectivity index (χ0v) is 9.85. The van der Waals surface area contributed by atoms with Gasteiger partial charge < -0.3 is 5.11 Å². The first-order valence-electron chi connectivity index (χ1n) is 4.74. The van der Waals surface area contributed by atoms with Gasteiger partial charge in [-0.05, 0) is 18.6 Å². The molecule has 1 atom stereocenters. The summed E-state index contributed by atoms with van der Waals surface area (Å²) in [6, 6.07) is 4.81. The number of aliphatic hydroxyl groups is 1. The summed E-state index contributed by atoms with van der Waals surface area (Å²) in [7, 11) is 0. The van der Waals surface area contributed by atoms with E-state index < -0.39 is 6.10 Å². The molecule has 0 aliphatic heterocycles. The van der Waals surface area contributed by atoms with Gasteiger partial charge in [0.15, 0.2) is 5.78 Å². The minimum Gasteiger partial charge on any atom is -0.385 e. The van der Waals surface area contributed by atoms with Crippen molar-refractivity contribution in [3.63, 3.8) is 0 Å². The number of ketones is 1. The van der Waals surface area contributed by atoms with Crippen LogP contribution in [0.15, 0.2) is 18.2 Å². The number of hydrogen-bond acceptors (Lipinski definition) is 2. The van der Waals surface area contributed by atoms with Crippen molar-refractivity contribution in [2.24, 2.45) is 0 Å². The van der Waals surface area contributed by atoms with Crippen LogP contribution in [0.3, 0.4) is 0 Å². The molecule has 1 N–H and O–H groups in total. The van der Waals surface area contributed by atoms with E-state index in [1.54, 1.807) is 18.2 Å². The molecule has 1 unspecified atom stereocenters. The third-order valence-electron chi connectivity index (χ3n) is 2.08. The van der Waals surface area contributed by atoms with Gasteiger partial charge in [-0.1, -0.05) is 42.6 Å². The molecule has 1 rings (SSSR count). The number of rotatable bonds is 4. The van der Waals surface area contributed by atoms with Crippen LogP contribution in [-0.4, -0.2) is 17.0 Å². The lowest BCUT2D eigenvalue weighted by atomic mass is 10.0. The van der Waals surface area contributed by atoms with Crippen LogP contribution in [0.5, 0.6) is 0 Å². The Kier molecular flexibility index (Phi) is 4.58. The van der Waals surface area contributed by atoms with Gasteiger partial charge >= 0.3 is 0 Å². The van der Waals surface area contributed by atoms with Crippen LogP contribution in [0.25, 0.3) is 0 Å². The second-order valence-corrected chi connectivity index (χ2v) is 4.06. The molecule has 0 bridgehead atoms. The fourth-order valence-electron chi connectivity index (χ4n) is 1.28. The van der Waals surface area contributed by atoms with Crippen molar-refractivity contribution in [1.82, 2.24) is 0 Å². The van der Waals surface area contributed by atoms with Gasteiger partial charge in [0.25, 0.3) is 0 Å². The molecule has 0 saturated carbocycles. The van der Waals surface area contributed by atoms with Gasteiger partial charge in [-0.25, -0.2) is 0 Å². The number of Topliss-reactive ketones (excluding diaryl/α,β-unsaturated/α-hetero) is 1. The van der Waals surface area contributed by atoms with Gasteiger partial charge in [0.1, 0.15) is 6.10 Å². The van der Waals surface area contributed by atoms with Gasteiger partial charge in [-0.2, -0.15) is 0 Å². The molecule has 4 heteroatoms. The van der Waals surface area contributed by atoms with Gasteiger partial charge in [-0.15, -0.1) is 0 Å². The predicted octanol–water partition coefficient (Wildman–Crippen LogP) is 3.34. The minimum atomic E-state index is -0.994. The molecule has 2 nitrogen and oxygen atoms in total. The van der Waals surface area contributed by atoms with Crippen molar-refractivity contribution in [2.75, 3.05) is 0 Å². The third kappa shape index (κ3) is 2.94. The van der Waals surface area contributed by atoms with Crippen LogP contribution in [0, 0.1) is 0 Å². The van der Waals surface area contributed by atoms with Crippen molar-refractivity contribution in [3.05, 3.63) is 33.8 Å². The Bertz CT molecular complexity index is 364. The second-order valence-electron chi connectivity index (χ2n) is 3.27. The number of aliphatic hydroxyl groups excluding tert-OH is 1. The zero-order valence-electron chi connectivity index (χ0n) is 8.34. The molecule has 0 radical (unpaired) electrons. The molecule has 82 valence electrons. The van der Waals surface area contributed by atoms with Crippen molar-refractivity contribution in [2.45, 2.75) is 25.9 Å². The van der Waals surface area contributed by atoms with E-state index in [-0.39, 0.29) is 16.4 Å². The Labute approximate surface area is 98.8 Å². The lowest BCUT2D eigenvalue weighted by Gasteiger charge is -2.09. The number of halogens is 2. The molecule has 0 saturated heterocycles. The lowest BCUT2D eigenvalue weighted by Crippen LogP contribution is -2.20. The second kappa shape index (κ2) is 5.50. The van der Waals surface area contributed by atoms with Gasteiger partial charge in [0.05, 0.1) is 10.0 Å². The summed E-state index contributed by atoms with van der Waals surface area (Å²) >= 11 is 11.6. The topological polar surface area (TPSA) is 37.3 Å². The van der Waals surface area contributed by atoms with Crippen LogP contribution in [0.1, 0.15) is 30.1 Å². The maximum Gasteiger partial charge on any atom is 0.192 e. The Morgan fingerprint density at radius 3 is 2.73 bits per heavy atom. The Morgan fingerprint density at radius 1 is 1.47 bits per heavy atom. The minimum absolute atomic E-state index is 0.208. The maximum atomic E-state index is 11.7. The van der Waals surface area contributed by atoms with E-state index in [2.05, 4.69) is 0 Å². The molecule has 0 aliphatic carbocycles. The maximum absolute atomic E-state index is 11.7. The van der Waals surface area contributed by atoms with E-state index >= 15 is 0 Å². The molecular weight excluding hydrogens is 235 g/mol. The molecule has 1 aromatic carbocycles. The first-order valence-corrected chi connectivity index (χ1v) is 5.49. The standard InChI is InChI=1S/C11H12Cl2O2/c1-2-4-9(14)11(15)7-5-3-6-8(12)10(7)13/h3,5-6,9,14H,2,4H2,1H3. The summed E-state index contributed by atoms with van der Waals surface area (Å²) in [6.07, 6.45) is 0.179. The monoisotopic (exact) mass is 246 g/mol. The fraction of sp³-hybridized carbons (Fsp3) is 0.364. The smallest absolute Gasteiger partial charge is 0.192 e. The normalized spacial score (nSPS) is 12.5. The van der Waals surface area contributed by atoms with E-state index in [4.69, 9.17) is 23.2 Å². The number of hydrogen-bond donors (Lipinski definition) is 1. The van der Waals surface area contributed by atoms with Crippen molar-refractivity contribution in [1.29, 1.82) is 0 Å². The van der Waals surface area contributed by atoms with E-state index in [0.29, 0.717) is 11.4 Å². The van der Waals surface area contributed by atoms with E-state index in [1.807, 2.05) is 6.92 Å². The van der Waals surface area contributed by atoms with E-state index in [1.165, 1.54) is 0 Å². The predicted molar refractivity (Wildman–Crippen MR) is 61.7 cm³/mol. The first-order chi connectivity index (χ1) is 7.07. The third-order valence-corrected chi connectivity index (χ3v) is 2.90. The fourth-order valence-corrected chi connectivity index (χ4v) is 1.67. The van der Waals surface area contributed by atoms with Crippen LogP contribution in [-0.2, 0) is 0 Å². The summed E-state index contributed by atoms with van der Waals surface area (Å²) < 4.78 is 0.